The van der Waals surface area contributed by atoms with E-state index in [4.69, 9.17) is 0 Å². The second kappa shape index (κ2) is 6.14. The lowest BCUT2D eigenvalue weighted by Crippen LogP contribution is -2.43. The molecule has 3 aromatic rings. The van der Waals surface area contributed by atoms with Gasteiger partial charge >= 0.3 is 0 Å². The molecule has 6 nitrogen and oxygen atoms in total. The maximum absolute atomic E-state index is 13.3. The third kappa shape index (κ3) is 2.99. The van der Waals surface area contributed by atoms with Crippen molar-refractivity contribution in [3.8, 4) is 0 Å². The van der Waals surface area contributed by atoms with Crippen LogP contribution in [0.2, 0.25) is 0 Å². The van der Waals surface area contributed by atoms with E-state index in [1.807, 2.05) is 13.0 Å². The lowest BCUT2D eigenvalue weighted by Gasteiger charge is -2.35. The number of hydrogen-bond acceptors (Lipinski definition) is 4. The van der Waals surface area contributed by atoms with Crippen LogP contribution in [0.4, 0.5) is 4.39 Å². The summed E-state index contributed by atoms with van der Waals surface area (Å²) in [7, 11) is -1.88. The number of rotatable bonds is 4. The number of halogens is 1. The van der Waals surface area contributed by atoms with E-state index in [9.17, 15) is 12.8 Å². The molecule has 0 unspecified atom stereocenters. The topological polar surface area (TPSA) is 76.9 Å². The van der Waals surface area contributed by atoms with Crippen LogP contribution < -0.4 is 4.72 Å². The lowest BCUT2D eigenvalue weighted by molar-refractivity contribution is 0.325. The van der Waals surface area contributed by atoms with Crippen molar-refractivity contribution in [2.24, 2.45) is 7.05 Å². The van der Waals surface area contributed by atoms with Crippen LogP contribution in [0, 0.1) is 12.7 Å². The van der Waals surface area contributed by atoms with E-state index in [1.54, 1.807) is 23.9 Å². The first-order chi connectivity index (χ1) is 12.3. The summed E-state index contributed by atoms with van der Waals surface area (Å²) in [6.45, 7) is 1.82. The summed E-state index contributed by atoms with van der Waals surface area (Å²) < 4.78 is 43.0. The first-order valence-corrected chi connectivity index (χ1v) is 9.89. The second-order valence-electron chi connectivity index (χ2n) is 6.79. The van der Waals surface area contributed by atoms with Gasteiger partial charge in [-0.2, -0.15) is 5.10 Å². The van der Waals surface area contributed by atoms with Gasteiger partial charge in [0, 0.05) is 24.7 Å². The first kappa shape index (κ1) is 17.1. The number of fused-ring (bicyclic) bond motifs is 1. The Morgan fingerprint density at radius 1 is 1.27 bits per heavy atom. The molecule has 8 heteroatoms. The van der Waals surface area contributed by atoms with Crippen LogP contribution in [0.3, 0.4) is 0 Å². The number of aryl methyl sites for hydroxylation is 2. The Labute approximate surface area is 151 Å². The Balaban J connectivity index is 1.49. The van der Waals surface area contributed by atoms with E-state index in [1.165, 1.54) is 18.3 Å². The molecule has 0 atom stereocenters. The molecular formula is C18H19FN4O2S. The summed E-state index contributed by atoms with van der Waals surface area (Å²) >= 11 is 0. The van der Waals surface area contributed by atoms with Crippen LogP contribution in [0.1, 0.15) is 30.0 Å². The van der Waals surface area contributed by atoms with Crippen molar-refractivity contribution in [3.05, 3.63) is 53.6 Å². The summed E-state index contributed by atoms with van der Waals surface area (Å²) in [4.78, 5) is 4.37. The normalized spacial score (nSPS) is 20.3. The van der Waals surface area contributed by atoms with Gasteiger partial charge in [-0.1, -0.05) is 12.1 Å². The highest BCUT2D eigenvalue weighted by Gasteiger charge is 2.34. The van der Waals surface area contributed by atoms with E-state index < -0.39 is 10.0 Å². The zero-order valence-electron chi connectivity index (χ0n) is 14.5. The molecule has 0 radical (unpaired) electrons. The SMILES string of the molecule is Cc1nn(C)c2ncc(S(=O)(=O)NC3CC(c4cccc(F)c4)C3)cc12. The molecule has 1 aliphatic rings. The Morgan fingerprint density at radius 3 is 2.77 bits per heavy atom. The fourth-order valence-corrected chi connectivity index (χ4v) is 4.70. The molecule has 0 spiro atoms. The fraction of sp³-hybridized carbons (Fsp3) is 0.333. The third-order valence-electron chi connectivity index (χ3n) is 4.93. The highest BCUT2D eigenvalue weighted by Crippen LogP contribution is 2.37. The molecule has 26 heavy (non-hydrogen) atoms. The standard InChI is InChI=1S/C18H19FN4O2S/c1-11-17-9-16(10-20-18(17)23(2)21-11)26(24,25)22-15-7-13(8-15)12-4-3-5-14(19)6-12/h3-6,9-10,13,15,22H,7-8H2,1-2H3. The maximum atomic E-state index is 13.3. The highest BCUT2D eigenvalue weighted by atomic mass is 32.2. The Morgan fingerprint density at radius 2 is 2.04 bits per heavy atom. The highest BCUT2D eigenvalue weighted by molar-refractivity contribution is 7.89. The van der Waals surface area contributed by atoms with E-state index in [-0.39, 0.29) is 22.7 Å². The Bertz CT molecular complexity index is 1090. The minimum Gasteiger partial charge on any atom is -0.250 e. The van der Waals surface area contributed by atoms with E-state index in [0.29, 0.717) is 18.5 Å². The van der Waals surface area contributed by atoms with Gasteiger partial charge in [0.15, 0.2) is 5.65 Å². The van der Waals surface area contributed by atoms with Crippen LogP contribution in [-0.2, 0) is 17.1 Å². The minimum absolute atomic E-state index is 0.135. The lowest BCUT2D eigenvalue weighted by atomic mass is 9.76. The van der Waals surface area contributed by atoms with Gasteiger partial charge in [-0.15, -0.1) is 0 Å². The molecule has 2 heterocycles. The maximum Gasteiger partial charge on any atom is 0.242 e. The zero-order valence-corrected chi connectivity index (χ0v) is 15.3. The van der Waals surface area contributed by atoms with Crippen molar-refractivity contribution in [1.82, 2.24) is 19.5 Å². The molecule has 1 fully saturated rings. The minimum atomic E-state index is -3.66. The van der Waals surface area contributed by atoms with E-state index in [0.717, 1.165) is 16.6 Å². The van der Waals surface area contributed by atoms with Crippen LogP contribution in [0.5, 0.6) is 0 Å². The van der Waals surface area contributed by atoms with Crippen molar-refractivity contribution in [2.75, 3.05) is 0 Å². The molecule has 0 amide bonds. The predicted molar refractivity (Wildman–Crippen MR) is 95.7 cm³/mol. The average Bonchev–Trinajstić information content (AvgIpc) is 2.85. The summed E-state index contributed by atoms with van der Waals surface area (Å²) in [6, 6.07) is 7.93. The van der Waals surface area contributed by atoms with Crippen molar-refractivity contribution in [2.45, 2.75) is 36.6 Å². The predicted octanol–water partition coefficient (Wildman–Crippen LogP) is 2.64. The molecule has 136 valence electrons. The Hall–Kier alpha value is -2.32. The molecular weight excluding hydrogens is 355 g/mol. The van der Waals surface area contributed by atoms with Crippen LogP contribution in [0.25, 0.3) is 11.0 Å². The van der Waals surface area contributed by atoms with Crippen molar-refractivity contribution >= 4 is 21.1 Å². The van der Waals surface area contributed by atoms with Crippen molar-refractivity contribution in [3.63, 3.8) is 0 Å². The largest absolute Gasteiger partial charge is 0.250 e. The van der Waals surface area contributed by atoms with E-state index >= 15 is 0 Å². The van der Waals surface area contributed by atoms with Crippen LogP contribution in [-0.4, -0.2) is 29.2 Å². The molecule has 1 N–H and O–H groups in total. The van der Waals surface area contributed by atoms with Gasteiger partial charge in [-0.05, 0) is 49.4 Å². The quantitative estimate of drug-likeness (QED) is 0.762. The van der Waals surface area contributed by atoms with Crippen LogP contribution >= 0.6 is 0 Å². The molecule has 1 aromatic carbocycles. The van der Waals surface area contributed by atoms with Crippen molar-refractivity contribution in [1.29, 1.82) is 0 Å². The summed E-state index contributed by atoms with van der Waals surface area (Å²) in [5.41, 5.74) is 2.30. The van der Waals surface area contributed by atoms with Crippen LogP contribution in [0.15, 0.2) is 41.4 Å². The zero-order chi connectivity index (χ0) is 18.5. The molecule has 1 aliphatic carbocycles. The number of benzene rings is 1. The number of nitrogens with zero attached hydrogens (tertiary/aromatic N) is 3. The molecule has 1 saturated carbocycles. The van der Waals surface area contributed by atoms with Gasteiger partial charge in [0.1, 0.15) is 10.7 Å². The summed E-state index contributed by atoms with van der Waals surface area (Å²) in [6.07, 6.45) is 2.67. The van der Waals surface area contributed by atoms with Gasteiger partial charge in [0.2, 0.25) is 10.0 Å². The average molecular weight is 374 g/mol. The van der Waals surface area contributed by atoms with Gasteiger partial charge in [0.25, 0.3) is 0 Å². The second-order valence-corrected chi connectivity index (χ2v) is 8.51. The van der Waals surface area contributed by atoms with Crippen molar-refractivity contribution < 1.29 is 12.8 Å². The number of sulfonamides is 1. The molecule has 0 aliphatic heterocycles. The fourth-order valence-electron chi connectivity index (χ4n) is 3.47. The number of pyridine rings is 1. The summed E-state index contributed by atoms with van der Waals surface area (Å²) in [5, 5.41) is 4.98. The molecule has 0 saturated heterocycles. The monoisotopic (exact) mass is 374 g/mol. The smallest absolute Gasteiger partial charge is 0.242 e. The number of nitrogens with one attached hydrogen (secondary N) is 1. The molecule has 4 rings (SSSR count). The first-order valence-electron chi connectivity index (χ1n) is 8.40. The third-order valence-corrected chi connectivity index (χ3v) is 6.42. The Kier molecular flexibility index (Phi) is 4.04. The van der Waals surface area contributed by atoms with Gasteiger partial charge in [-0.25, -0.2) is 22.5 Å². The molecule has 2 aromatic heterocycles. The van der Waals surface area contributed by atoms with E-state index in [2.05, 4.69) is 14.8 Å². The number of aromatic nitrogens is 3. The van der Waals surface area contributed by atoms with Gasteiger partial charge in [-0.3, -0.25) is 4.68 Å². The summed E-state index contributed by atoms with van der Waals surface area (Å²) in [5.74, 6) is -0.0858. The number of hydrogen-bond donors (Lipinski definition) is 1. The van der Waals surface area contributed by atoms with Gasteiger partial charge < -0.3 is 0 Å². The van der Waals surface area contributed by atoms with Gasteiger partial charge in [0.05, 0.1) is 5.69 Å². The molecule has 0 bridgehead atoms.